The Morgan fingerprint density at radius 3 is 2.79 bits per heavy atom. The first-order valence-corrected chi connectivity index (χ1v) is 11.3. The van der Waals surface area contributed by atoms with Crippen molar-refractivity contribution in [3.8, 4) is 12.8 Å². The van der Waals surface area contributed by atoms with Crippen molar-refractivity contribution in [2.45, 2.75) is 38.1 Å². The number of hydrogen-bond acceptors (Lipinski definition) is 7. The molecule has 1 aromatic carbocycles. The van der Waals surface area contributed by atoms with E-state index >= 15 is 0 Å². The minimum absolute atomic E-state index is 0.00775. The van der Waals surface area contributed by atoms with Crippen molar-refractivity contribution in [3.05, 3.63) is 58.9 Å². The third-order valence-corrected chi connectivity index (χ3v) is 5.30. The summed E-state index contributed by atoms with van der Waals surface area (Å²) in [7, 11) is 1.96. The normalized spacial score (nSPS) is 15.8. The van der Waals surface area contributed by atoms with Crippen LogP contribution in [0.3, 0.4) is 0 Å². The summed E-state index contributed by atoms with van der Waals surface area (Å²) in [5.74, 6) is 1.47. The maximum absolute atomic E-state index is 9.76. The second-order valence-electron chi connectivity index (χ2n) is 7.56. The Bertz CT molecular complexity index is 916. The number of nitrogens with zero attached hydrogens (tertiary/aromatic N) is 3. The molecule has 8 nitrogen and oxygen atoms in total. The fourth-order valence-corrected chi connectivity index (χ4v) is 3.63. The van der Waals surface area contributed by atoms with Crippen molar-refractivity contribution >= 4 is 29.8 Å². The topological polar surface area (TPSA) is 114 Å². The number of aliphatic hydroxyl groups is 1. The maximum Gasteiger partial charge on any atom is 0.224 e. The highest BCUT2D eigenvalue weighted by molar-refractivity contribution is 6.30. The number of benzene rings is 1. The number of anilines is 2. The predicted molar refractivity (Wildman–Crippen MR) is 138 cm³/mol. The summed E-state index contributed by atoms with van der Waals surface area (Å²) in [6, 6.07) is 7.90. The van der Waals surface area contributed by atoms with E-state index in [0.717, 1.165) is 36.4 Å². The fourth-order valence-electron chi connectivity index (χ4n) is 3.43. The molecule has 1 aromatic heterocycles. The number of carbonyl (C=O) groups is 1. The van der Waals surface area contributed by atoms with Gasteiger partial charge in [0.05, 0.1) is 19.3 Å². The van der Waals surface area contributed by atoms with Gasteiger partial charge in [0, 0.05) is 42.6 Å². The second kappa shape index (κ2) is 16.5. The van der Waals surface area contributed by atoms with Crippen molar-refractivity contribution in [2.75, 3.05) is 37.1 Å². The molecular formula is C25H34ClN5O3. The molecule has 3 rings (SSSR count). The SMILES string of the molecule is C#C.Cc1cnc(NC2CCCOC2)nc1N(C)/C=C\C[C@H](CO)c1cccc(Cl)c1.NC=O. The molecule has 34 heavy (non-hydrogen) atoms. The molecule has 184 valence electrons. The molecule has 9 heteroatoms. The minimum atomic E-state index is 0.00775. The molecule has 2 heterocycles. The summed E-state index contributed by atoms with van der Waals surface area (Å²) < 4.78 is 5.52. The molecule has 1 aliphatic heterocycles. The van der Waals surface area contributed by atoms with E-state index < -0.39 is 0 Å². The van der Waals surface area contributed by atoms with Crippen LogP contribution in [-0.4, -0.2) is 54.4 Å². The van der Waals surface area contributed by atoms with E-state index in [1.165, 1.54) is 0 Å². The number of aliphatic hydroxyl groups excluding tert-OH is 1. The Labute approximate surface area is 207 Å². The van der Waals surface area contributed by atoms with Crippen LogP contribution in [0.2, 0.25) is 5.02 Å². The molecule has 0 radical (unpaired) electrons. The van der Waals surface area contributed by atoms with Gasteiger partial charge in [0.25, 0.3) is 0 Å². The van der Waals surface area contributed by atoms with Gasteiger partial charge in [-0.25, -0.2) is 4.98 Å². The first-order valence-electron chi connectivity index (χ1n) is 10.9. The lowest BCUT2D eigenvalue weighted by Crippen LogP contribution is -2.31. The second-order valence-corrected chi connectivity index (χ2v) is 8.00. The summed E-state index contributed by atoms with van der Waals surface area (Å²) >= 11 is 6.08. The molecule has 0 saturated carbocycles. The number of terminal acetylenes is 1. The summed E-state index contributed by atoms with van der Waals surface area (Å²) in [6.45, 7) is 3.58. The van der Waals surface area contributed by atoms with Crippen LogP contribution in [-0.2, 0) is 9.53 Å². The largest absolute Gasteiger partial charge is 0.396 e. The van der Waals surface area contributed by atoms with Gasteiger partial charge in [-0.1, -0.05) is 29.8 Å². The van der Waals surface area contributed by atoms with Crippen molar-refractivity contribution < 1.29 is 14.6 Å². The van der Waals surface area contributed by atoms with E-state index in [9.17, 15) is 5.11 Å². The van der Waals surface area contributed by atoms with Crippen LogP contribution in [0.1, 0.15) is 36.3 Å². The average Bonchev–Trinajstić information content (AvgIpc) is 2.85. The minimum Gasteiger partial charge on any atom is -0.396 e. The quantitative estimate of drug-likeness (QED) is 0.385. The van der Waals surface area contributed by atoms with Gasteiger partial charge in [-0.15, -0.1) is 12.8 Å². The zero-order chi connectivity index (χ0) is 25.3. The number of ether oxygens (including phenoxy) is 1. The highest BCUT2D eigenvalue weighted by atomic mass is 35.5. The van der Waals surface area contributed by atoms with Crippen molar-refractivity contribution in [2.24, 2.45) is 5.73 Å². The van der Waals surface area contributed by atoms with Gasteiger partial charge >= 0.3 is 0 Å². The van der Waals surface area contributed by atoms with Crippen LogP contribution in [0, 0.1) is 19.8 Å². The zero-order valence-electron chi connectivity index (χ0n) is 19.7. The Kier molecular flexibility index (Phi) is 14.0. The lowest BCUT2D eigenvalue weighted by atomic mass is 9.97. The number of halogens is 1. The Morgan fingerprint density at radius 2 is 2.18 bits per heavy atom. The van der Waals surface area contributed by atoms with Gasteiger partial charge in [-0.05, 0) is 43.9 Å². The molecule has 1 saturated heterocycles. The molecule has 2 aromatic rings. The number of hydrogen-bond donors (Lipinski definition) is 3. The third kappa shape index (κ3) is 9.79. The van der Waals surface area contributed by atoms with E-state index in [1.54, 1.807) is 0 Å². The standard InChI is InChI=1S/C22H29ClN4O2.C2H2.CH3NO/c1-16-13-24-22(25-20-9-5-11-29-15-20)26-21(16)27(2)10-4-7-18(14-28)17-6-3-8-19(23)12-17;1-2;2-1-3/h3-4,6,8,10,12-13,18,20,28H,5,7,9,11,14-15H2,1-2H3,(H,24,25,26);1-2H;1H,(H2,2,3)/b10-4-;;/t18-,20?;;/m1../s1. The lowest BCUT2D eigenvalue weighted by Gasteiger charge is -2.24. The summed E-state index contributed by atoms with van der Waals surface area (Å²) in [4.78, 5) is 19.7. The van der Waals surface area contributed by atoms with E-state index in [-0.39, 0.29) is 25.0 Å². The number of aromatic nitrogens is 2. The highest BCUT2D eigenvalue weighted by Crippen LogP contribution is 2.24. The lowest BCUT2D eigenvalue weighted by molar-refractivity contribution is -0.106. The van der Waals surface area contributed by atoms with Gasteiger partial charge in [-0.2, -0.15) is 4.98 Å². The molecule has 0 aliphatic carbocycles. The first-order chi connectivity index (χ1) is 16.5. The smallest absolute Gasteiger partial charge is 0.224 e. The van der Waals surface area contributed by atoms with E-state index in [2.05, 4.69) is 33.9 Å². The van der Waals surface area contributed by atoms with Gasteiger partial charge in [0.15, 0.2) is 0 Å². The number of rotatable bonds is 8. The van der Waals surface area contributed by atoms with Gasteiger partial charge in [0.2, 0.25) is 12.4 Å². The molecule has 0 spiro atoms. The summed E-state index contributed by atoms with van der Waals surface area (Å²) in [5.41, 5.74) is 6.20. The van der Waals surface area contributed by atoms with Crippen LogP contribution < -0.4 is 16.0 Å². The number of aryl methyl sites for hydroxylation is 1. The van der Waals surface area contributed by atoms with Crippen molar-refractivity contribution in [1.82, 2.24) is 9.97 Å². The molecule has 2 atom stereocenters. The number of nitrogens with two attached hydrogens (primary N) is 1. The number of allylic oxidation sites excluding steroid dienone is 1. The van der Waals surface area contributed by atoms with Crippen molar-refractivity contribution in [3.63, 3.8) is 0 Å². The molecule has 1 amide bonds. The summed E-state index contributed by atoms with van der Waals surface area (Å²) in [5, 5.41) is 13.8. The van der Waals surface area contributed by atoms with Crippen LogP contribution in [0.15, 0.2) is 42.7 Å². The van der Waals surface area contributed by atoms with Gasteiger partial charge in [-0.3, -0.25) is 4.79 Å². The Morgan fingerprint density at radius 1 is 1.44 bits per heavy atom. The zero-order valence-corrected chi connectivity index (χ0v) is 20.5. The molecule has 1 unspecified atom stereocenters. The Hall–Kier alpha value is -3.12. The maximum atomic E-state index is 9.76. The molecular weight excluding hydrogens is 454 g/mol. The van der Waals surface area contributed by atoms with E-state index in [1.807, 2.05) is 61.6 Å². The number of primary amides is 1. The molecule has 4 N–H and O–H groups in total. The Balaban J connectivity index is 0.00000107. The van der Waals surface area contributed by atoms with Crippen LogP contribution >= 0.6 is 11.6 Å². The van der Waals surface area contributed by atoms with E-state index in [4.69, 9.17) is 21.1 Å². The fraction of sp³-hybridized carbons (Fsp3) is 0.400. The number of nitrogens with one attached hydrogen (secondary N) is 1. The monoisotopic (exact) mass is 487 g/mol. The van der Waals surface area contributed by atoms with Crippen LogP contribution in [0.25, 0.3) is 0 Å². The highest BCUT2D eigenvalue weighted by Gasteiger charge is 2.16. The summed E-state index contributed by atoms with van der Waals surface area (Å²) in [6.07, 6.45) is 16.9. The number of amides is 1. The van der Waals surface area contributed by atoms with Gasteiger partial charge in [0.1, 0.15) is 5.82 Å². The molecule has 0 bridgehead atoms. The average molecular weight is 488 g/mol. The predicted octanol–water partition coefficient (Wildman–Crippen LogP) is 3.50. The van der Waals surface area contributed by atoms with Crippen LogP contribution in [0.5, 0.6) is 0 Å². The molecule has 1 fully saturated rings. The van der Waals surface area contributed by atoms with Crippen molar-refractivity contribution in [1.29, 1.82) is 0 Å². The van der Waals surface area contributed by atoms with Gasteiger partial charge < -0.3 is 25.8 Å². The van der Waals surface area contributed by atoms with Crippen LogP contribution in [0.4, 0.5) is 11.8 Å². The first kappa shape index (κ1) is 28.9. The molecule has 1 aliphatic rings. The van der Waals surface area contributed by atoms with E-state index in [0.29, 0.717) is 24.0 Å². The third-order valence-electron chi connectivity index (χ3n) is 5.06. The number of carbonyl (C=O) groups excluding carboxylic acids is 1.